The normalized spacial score (nSPS) is 12.0. The molecule has 11 rings (SSSR count). The van der Waals surface area contributed by atoms with E-state index < -0.39 is 0 Å². The average molecular weight is 833 g/mol. The van der Waals surface area contributed by atoms with Crippen LogP contribution in [0, 0.1) is 27.7 Å². The van der Waals surface area contributed by atoms with E-state index in [9.17, 15) is 0 Å². The van der Waals surface area contributed by atoms with E-state index in [0.717, 1.165) is 99.5 Å². The second-order valence-electron chi connectivity index (χ2n) is 18.5. The molecule has 0 bridgehead atoms. The van der Waals surface area contributed by atoms with Crippen LogP contribution in [0.3, 0.4) is 0 Å². The molecule has 314 valence electrons. The molecule has 2 aromatic heterocycles. The Bertz CT molecular complexity index is 3330. The lowest BCUT2D eigenvalue weighted by Crippen LogP contribution is -2.11. The third-order valence-electron chi connectivity index (χ3n) is 13.1. The SMILES string of the molecule is Cc1cc(C)cc(N(c2ccc(C(C)C)cc2)c2cc3oc4cc5oc6cc(N(c7ccc(C(C)C)cc7)c7cc(C)cc(C)c7)c7ccccc7c6c5cc4c3c3ccccc23)c1. The van der Waals surface area contributed by atoms with E-state index in [2.05, 4.69) is 223 Å². The van der Waals surface area contributed by atoms with Crippen molar-refractivity contribution in [3.05, 3.63) is 191 Å². The minimum absolute atomic E-state index is 0.444. The molecule has 0 unspecified atom stereocenters. The van der Waals surface area contributed by atoms with Crippen LogP contribution in [-0.4, -0.2) is 0 Å². The molecule has 0 aliphatic rings. The summed E-state index contributed by atoms with van der Waals surface area (Å²) in [6.45, 7) is 17.7. The Labute approximate surface area is 375 Å². The Hall–Kier alpha value is -7.30. The van der Waals surface area contributed by atoms with Gasteiger partial charge in [-0.05, 0) is 138 Å². The van der Waals surface area contributed by atoms with Gasteiger partial charge in [-0.2, -0.15) is 0 Å². The van der Waals surface area contributed by atoms with Crippen molar-refractivity contribution >= 4 is 99.5 Å². The van der Waals surface area contributed by atoms with Crippen LogP contribution in [0.1, 0.15) is 72.9 Å². The second-order valence-corrected chi connectivity index (χ2v) is 18.5. The summed E-state index contributed by atoms with van der Waals surface area (Å²) >= 11 is 0. The maximum atomic E-state index is 6.94. The molecule has 9 aromatic carbocycles. The van der Waals surface area contributed by atoms with Crippen molar-refractivity contribution in [3.63, 3.8) is 0 Å². The number of rotatable bonds is 8. The van der Waals surface area contributed by atoms with Crippen LogP contribution in [0.5, 0.6) is 0 Å². The van der Waals surface area contributed by atoms with E-state index in [-0.39, 0.29) is 0 Å². The number of anilines is 6. The minimum atomic E-state index is 0.444. The molecule has 0 saturated heterocycles. The second kappa shape index (κ2) is 15.2. The van der Waals surface area contributed by atoms with Crippen LogP contribution in [0.25, 0.3) is 65.4 Å². The molecule has 64 heavy (non-hydrogen) atoms. The predicted molar refractivity (Wildman–Crippen MR) is 273 cm³/mol. The highest BCUT2D eigenvalue weighted by atomic mass is 16.3. The summed E-state index contributed by atoms with van der Waals surface area (Å²) in [7, 11) is 0. The van der Waals surface area contributed by atoms with E-state index in [1.54, 1.807) is 0 Å². The summed E-state index contributed by atoms with van der Waals surface area (Å²) in [6.07, 6.45) is 0. The van der Waals surface area contributed by atoms with Gasteiger partial charge < -0.3 is 18.6 Å². The molecule has 0 aliphatic heterocycles. The first-order valence-electron chi connectivity index (χ1n) is 22.6. The highest BCUT2D eigenvalue weighted by molar-refractivity contribution is 6.28. The topological polar surface area (TPSA) is 32.8 Å². The van der Waals surface area contributed by atoms with Gasteiger partial charge in [0, 0.05) is 73.3 Å². The van der Waals surface area contributed by atoms with Crippen molar-refractivity contribution in [1.82, 2.24) is 0 Å². The van der Waals surface area contributed by atoms with Crippen molar-refractivity contribution in [2.45, 2.75) is 67.2 Å². The van der Waals surface area contributed by atoms with Crippen LogP contribution < -0.4 is 9.80 Å². The summed E-state index contributed by atoms with van der Waals surface area (Å²) in [6, 6.07) is 58.1. The molecule has 0 radical (unpaired) electrons. The van der Waals surface area contributed by atoms with Crippen molar-refractivity contribution in [2.75, 3.05) is 9.80 Å². The molecule has 11 aromatic rings. The summed E-state index contributed by atoms with van der Waals surface area (Å²) in [5.41, 5.74) is 17.4. The summed E-state index contributed by atoms with van der Waals surface area (Å²) in [5, 5.41) is 8.96. The van der Waals surface area contributed by atoms with Gasteiger partial charge in [0.2, 0.25) is 0 Å². The number of furan rings is 2. The highest BCUT2D eigenvalue weighted by Gasteiger charge is 2.25. The van der Waals surface area contributed by atoms with Crippen molar-refractivity contribution < 1.29 is 8.83 Å². The first-order chi connectivity index (χ1) is 31.0. The Morgan fingerprint density at radius 1 is 0.328 bits per heavy atom. The van der Waals surface area contributed by atoms with Crippen LogP contribution in [0.4, 0.5) is 34.1 Å². The molecule has 0 fully saturated rings. The largest absolute Gasteiger partial charge is 0.456 e. The maximum Gasteiger partial charge on any atom is 0.139 e. The Balaban J connectivity index is 1.14. The number of aryl methyl sites for hydroxylation is 4. The molecule has 0 atom stereocenters. The lowest BCUT2D eigenvalue weighted by atomic mass is 9.97. The third kappa shape index (κ3) is 6.59. The van der Waals surface area contributed by atoms with Gasteiger partial charge in [-0.1, -0.05) is 113 Å². The molecule has 4 heteroatoms. The third-order valence-corrected chi connectivity index (χ3v) is 13.1. The van der Waals surface area contributed by atoms with E-state index in [1.165, 1.54) is 33.4 Å². The zero-order valence-electron chi connectivity index (χ0n) is 37.9. The summed E-state index contributed by atoms with van der Waals surface area (Å²) in [4.78, 5) is 4.78. The fourth-order valence-corrected chi connectivity index (χ4v) is 10.1. The molecular weight excluding hydrogens is 781 g/mol. The molecule has 0 N–H and O–H groups in total. The first kappa shape index (κ1) is 39.5. The lowest BCUT2D eigenvalue weighted by Gasteiger charge is -2.28. The van der Waals surface area contributed by atoms with E-state index in [1.807, 2.05) is 0 Å². The molecule has 2 heterocycles. The fourth-order valence-electron chi connectivity index (χ4n) is 10.1. The summed E-state index contributed by atoms with van der Waals surface area (Å²) in [5.74, 6) is 0.887. The zero-order valence-corrected chi connectivity index (χ0v) is 37.9. The van der Waals surface area contributed by atoms with Crippen molar-refractivity contribution in [3.8, 4) is 0 Å². The molecular formula is C60H52N2O2. The van der Waals surface area contributed by atoms with Gasteiger partial charge in [-0.25, -0.2) is 0 Å². The van der Waals surface area contributed by atoms with E-state index in [4.69, 9.17) is 8.83 Å². The van der Waals surface area contributed by atoms with Crippen LogP contribution in [0.15, 0.2) is 167 Å². The zero-order chi connectivity index (χ0) is 44.0. The molecule has 0 amide bonds. The molecule has 0 saturated carbocycles. The number of hydrogen-bond acceptors (Lipinski definition) is 4. The van der Waals surface area contributed by atoms with Crippen molar-refractivity contribution in [1.29, 1.82) is 0 Å². The summed E-state index contributed by atoms with van der Waals surface area (Å²) < 4.78 is 13.9. The number of hydrogen-bond donors (Lipinski definition) is 0. The van der Waals surface area contributed by atoms with Gasteiger partial charge in [0.15, 0.2) is 0 Å². The number of nitrogens with zero attached hydrogens (tertiary/aromatic N) is 2. The molecule has 4 nitrogen and oxygen atoms in total. The van der Waals surface area contributed by atoms with Crippen LogP contribution in [-0.2, 0) is 0 Å². The number of fused-ring (bicyclic) bond motifs is 10. The predicted octanol–water partition coefficient (Wildman–Crippen LogP) is 18.2. The molecule has 0 aliphatic carbocycles. The van der Waals surface area contributed by atoms with Crippen LogP contribution >= 0.6 is 0 Å². The smallest absolute Gasteiger partial charge is 0.139 e. The minimum Gasteiger partial charge on any atom is -0.456 e. The average Bonchev–Trinajstić information content (AvgIpc) is 3.82. The maximum absolute atomic E-state index is 6.94. The van der Waals surface area contributed by atoms with Gasteiger partial charge in [0.05, 0.1) is 11.4 Å². The number of benzene rings is 9. The highest BCUT2D eigenvalue weighted by Crippen LogP contribution is 2.49. The van der Waals surface area contributed by atoms with Gasteiger partial charge in [-0.15, -0.1) is 0 Å². The van der Waals surface area contributed by atoms with E-state index >= 15 is 0 Å². The van der Waals surface area contributed by atoms with Gasteiger partial charge in [-0.3, -0.25) is 0 Å². The first-order valence-corrected chi connectivity index (χ1v) is 22.6. The Kier molecular flexibility index (Phi) is 9.39. The van der Waals surface area contributed by atoms with Crippen LogP contribution in [0.2, 0.25) is 0 Å². The quantitative estimate of drug-likeness (QED) is 0.153. The Morgan fingerprint density at radius 2 is 0.688 bits per heavy atom. The van der Waals surface area contributed by atoms with Gasteiger partial charge in [0.25, 0.3) is 0 Å². The monoisotopic (exact) mass is 832 g/mol. The van der Waals surface area contributed by atoms with Crippen molar-refractivity contribution in [2.24, 2.45) is 0 Å². The standard InChI is InChI=1S/C60H52N2O2/c1-35(2)41-17-21-43(22-18-41)61(45-27-37(5)25-38(6)28-45)53-32-57-59(49-15-11-9-13-47(49)53)51-31-52-56(34-55(51)63-57)64-58-33-54(48-14-10-12-16-50(48)60(52)58)62(46-29-39(7)26-40(8)30-46)44-23-19-42(20-24-44)36(3)4/h9-36H,1-8H3. The van der Waals surface area contributed by atoms with Gasteiger partial charge in [0.1, 0.15) is 22.3 Å². The molecule has 0 spiro atoms. The lowest BCUT2D eigenvalue weighted by molar-refractivity contribution is 0.656. The van der Waals surface area contributed by atoms with E-state index in [0.29, 0.717) is 11.8 Å². The fraction of sp³-hybridized carbons (Fsp3) is 0.167. The Morgan fingerprint density at radius 3 is 1.05 bits per heavy atom. The van der Waals surface area contributed by atoms with Gasteiger partial charge >= 0.3 is 0 Å².